The fraction of sp³-hybridized carbons (Fsp3) is 0.160. The monoisotopic (exact) mass is 432 g/mol. The second kappa shape index (κ2) is 9.43. The van der Waals surface area contributed by atoms with E-state index in [0.29, 0.717) is 23.4 Å². The molecule has 3 amide bonds. The van der Waals surface area contributed by atoms with Gasteiger partial charge in [0.25, 0.3) is 5.91 Å². The molecule has 1 aliphatic rings. The molecule has 0 bridgehead atoms. The minimum absolute atomic E-state index is 0.195. The van der Waals surface area contributed by atoms with E-state index in [0.717, 1.165) is 11.1 Å². The van der Waals surface area contributed by atoms with Crippen LogP contribution in [0.5, 0.6) is 5.75 Å². The highest BCUT2D eigenvalue weighted by Crippen LogP contribution is 2.19. The maximum atomic E-state index is 13.3. The Morgan fingerprint density at radius 3 is 2.50 bits per heavy atom. The van der Waals surface area contributed by atoms with Gasteiger partial charge in [-0.3, -0.25) is 19.7 Å². The predicted octanol–water partition coefficient (Wildman–Crippen LogP) is 3.86. The van der Waals surface area contributed by atoms with E-state index in [2.05, 4.69) is 10.6 Å². The second-order valence-electron chi connectivity index (χ2n) is 7.62. The minimum atomic E-state index is -0.366. The molecule has 4 rings (SSSR count). The molecule has 3 aromatic rings. The number of rotatable bonds is 7. The van der Waals surface area contributed by atoms with E-state index in [1.807, 2.05) is 6.07 Å². The highest BCUT2D eigenvalue weighted by Gasteiger charge is 2.30. The Kier molecular flexibility index (Phi) is 6.26. The molecule has 1 fully saturated rings. The van der Waals surface area contributed by atoms with Crippen molar-refractivity contribution in [1.82, 2.24) is 5.32 Å². The lowest BCUT2D eigenvalue weighted by Crippen LogP contribution is -2.22. The number of carbonyl (C=O) groups is 3. The molecule has 1 heterocycles. The van der Waals surface area contributed by atoms with Gasteiger partial charge in [0, 0.05) is 23.7 Å². The number of ether oxygens (including phenoxy) is 1. The lowest BCUT2D eigenvalue weighted by Gasteiger charge is -2.10. The SMILES string of the molecule is O=C1CC(Cc2ccc(C(=O)Nc3cccc(COc4cccc(F)c4)c3)cc2)C(=O)N1. The van der Waals surface area contributed by atoms with Crippen molar-refractivity contribution in [3.63, 3.8) is 0 Å². The summed E-state index contributed by atoms with van der Waals surface area (Å²) in [5.74, 6) is -1.07. The summed E-state index contributed by atoms with van der Waals surface area (Å²) in [6.07, 6.45) is 0.646. The molecule has 2 N–H and O–H groups in total. The van der Waals surface area contributed by atoms with Crippen LogP contribution in [0, 0.1) is 11.7 Å². The first-order valence-electron chi connectivity index (χ1n) is 10.2. The Bertz CT molecular complexity index is 1160. The van der Waals surface area contributed by atoms with Crippen molar-refractivity contribution in [3.8, 4) is 5.75 Å². The number of amides is 3. The van der Waals surface area contributed by atoms with E-state index < -0.39 is 0 Å². The van der Waals surface area contributed by atoms with Crippen LogP contribution in [0.2, 0.25) is 0 Å². The normalized spacial score (nSPS) is 15.3. The first-order chi connectivity index (χ1) is 15.5. The fourth-order valence-electron chi connectivity index (χ4n) is 3.51. The van der Waals surface area contributed by atoms with Crippen LogP contribution in [-0.4, -0.2) is 17.7 Å². The lowest BCUT2D eigenvalue weighted by atomic mass is 9.97. The Labute approximate surface area is 184 Å². The van der Waals surface area contributed by atoms with Crippen LogP contribution in [0.1, 0.15) is 27.9 Å². The van der Waals surface area contributed by atoms with Gasteiger partial charge < -0.3 is 10.1 Å². The number of anilines is 1. The van der Waals surface area contributed by atoms with Gasteiger partial charge >= 0.3 is 0 Å². The first kappa shape index (κ1) is 21.2. The molecule has 1 atom stereocenters. The quantitative estimate of drug-likeness (QED) is 0.556. The van der Waals surface area contributed by atoms with Crippen molar-refractivity contribution in [3.05, 3.63) is 95.3 Å². The maximum absolute atomic E-state index is 13.3. The molecule has 7 heteroatoms. The predicted molar refractivity (Wildman–Crippen MR) is 117 cm³/mol. The molecule has 1 aliphatic heterocycles. The van der Waals surface area contributed by atoms with E-state index in [4.69, 9.17) is 4.74 Å². The van der Waals surface area contributed by atoms with E-state index in [1.165, 1.54) is 12.1 Å². The van der Waals surface area contributed by atoms with Crippen molar-refractivity contribution in [2.24, 2.45) is 5.92 Å². The molecule has 32 heavy (non-hydrogen) atoms. The summed E-state index contributed by atoms with van der Waals surface area (Å²) in [7, 11) is 0. The number of carbonyl (C=O) groups excluding carboxylic acids is 3. The molecule has 162 valence electrons. The van der Waals surface area contributed by atoms with Gasteiger partial charge in [0.15, 0.2) is 0 Å². The van der Waals surface area contributed by atoms with Gasteiger partial charge in [0.05, 0.1) is 5.92 Å². The third-order valence-corrected chi connectivity index (χ3v) is 5.15. The maximum Gasteiger partial charge on any atom is 0.255 e. The minimum Gasteiger partial charge on any atom is -0.489 e. The van der Waals surface area contributed by atoms with Crippen molar-refractivity contribution >= 4 is 23.4 Å². The standard InChI is InChI=1S/C25H21FN2O4/c26-20-4-2-6-22(14-20)32-15-17-3-1-5-21(12-17)27-24(30)18-9-7-16(8-10-18)11-19-13-23(29)28-25(19)31/h1-10,12,14,19H,11,13,15H2,(H,27,30)(H,28,29,31). The van der Waals surface area contributed by atoms with Crippen molar-refractivity contribution < 1.29 is 23.5 Å². The number of benzene rings is 3. The summed E-state index contributed by atoms with van der Waals surface area (Å²) in [5, 5.41) is 5.15. The average molecular weight is 432 g/mol. The van der Waals surface area contributed by atoms with Crippen LogP contribution >= 0.6 is 0 Å². The summed E-state index contributed by atoms with van der Waals surface area (Å²) in [6, 6.07) is 20.1. The zero-order valence-corrected chi connectivity index (χ0v) is 17.1. The smallest absolute Gasteiger partial charge is 0.255 e. The van der Waals surface area contributed by atoms with E-state index >= 15 is 0 Å². The molecule has 0 aromatic heterocycles. The van der Waals surface area contributed by atoms with Crippen LogP contribution in [0.15, 0.2) is 72.8 Å². The molecule has 0 spiro atoms. The highest BCUT2D eigenvalue weighted by molar-refractivity contribution is 6.04. The molecule has 6 nitrogen and oxygen atoms in total. The average Bonchev–Trinajstić information content (AvgIpc) is 3.09. The van der Waals surface area contributed by atoms with Crippen LogP contribution in [-0.2, 0) is 22.6 Å². The zero-order valence-electron chi connectivity index (χ0n) is 17.1. The zero-order chi connectivity index (χ0) is 22.5. The Hall–Kier alpha value is -4.00. The van der Waals surface area contributed by atoms with Crippen LogP contribution in [0.3, 0.4) is 0 Å². The lowest BCUT2D eigenvalue weighted by molar-refractivity contribution is -0.125. The molecule has 0 radical (unpaired) electrons. The van der Waals surface area contributed by atoms with Crippen LogP contribution in [0.25, 0.3) is 0 Å². The van der Waals surface area contributed by atoms with Crippen LogP contribution in [0.4, 0.5) is 10.1 Å². The topological polar surface area (TPSA) is 84.5 Å². The Morgan fingerprint density at radius 1 is 1.00 bits per heavy atom. The van der Waals surface area contributed by atoms with E-state index in [1.54, 1.807) is 54.6 Å². The molecule has 1 saturated heterocycles. The van der Waals surface area contributed by atoms with E-state index in [-0.39, 0.29) is 42.5 Å². The molecular weight excluding hydrogens is 411 g/mol. The molecule has 1 unspecified atom stereocenters. The molecule has 3 aromatic carbocycles. The summed E-state index contributed by atoms with van der Waals surface area (Å²) < 4.78 is 18.9. The van der Waals surface area contributed by atoms with E-state index in [9.17, 15) is 18.8 Å². The van der Waals surface area contributed by atoms with Crippen molar-refractivity contribution in [1.29, 1.82) is 0 Å². The van der Waals surface area contributed by atoms with Gasteiger partial charge in [-0.2, -0.15) is 0 Å². The molecule has 0 saturated carbocycles. The van der Waals surface area contributed by atoms with Gasteiger partial charge in [0.1, 0.15) is 18.2 Å². The number of halogens is 1. The van der Waals surface area contributed by atoms with Gasteiger partial charge in [-0.1, -0.05) is 30.3 Å². The van der Waals surface area contributed by atoms with Gasteiger partial charge in [-0.15, -0.1) is 0 Å². The van der Waals surface area contributed by atoms with Gasteiger partial charge in [-0.05, 0) is 53.9 Å². The summed E-state index contributed by atoms with van der Waals surface area (Å²) in [5.41, 5.74) is 2.79. The first-order valence-corrected chi connectivity index (χ1v) is 10.2. The fourth-order valence-corrected chi connectivity index (χ4v) is 3.51. The van der Waals surface area contributed by atoms with Crippen molar-refractivity contribution in [2.45, 2.75) is 19.4 Å². The van der Waals surface area contributed by atoms with Gasteiger partial charge in [-0.25, -0.2) is 4.39 Å². The largest absolute Gasteiger partial charge is 0.489 e. The number of imide groups is 1. The van der Waals surface area contributed by atoms with Crippen molar-refractivity contribution in [2.75, 3.05) is 5.32 Å². The third kappa shape index (κ3) is 5.37. The Morgan fingerprint density at radius 2 is 1.78 bits per heavy atom. The molecule has 0 aliphatic carbocycles. The summed E-state index contributed by atoms with van der Waals surface area (Å²) >= 11 is 0. The summed E-state index contributed by atoms with van der Waals surface area (Å²) in [4.78, 5) is 35.6. The second-order valence-corrected chi connectivity index (χ2v) is 7.62. The number of hydrogen-bond donors (Lipinski definition) is 2. The highest BCUT2D eigenvalue weighted by atomic mass is 19.1. The molecular formula is C25H21FN2O4. The Balaban J connectivity index is 1.34. The van der Waals surface area contributed by atoms with Gasteiger partial charge in [0.2, 0.25) is 11.8 Å². The number of hydrogen-bond acceptors (Lipinski definition) is 4. The third-order valence-electron chi connectivity index (χ3n) is 5.15. The van der Waals surface area contributed by atoms with Crippen LogP contribution < -0.4 is 15.4 Å². The number of nitrogens with one attached hydrogen (secondary N) is 2. The summed E-state index contributed by atoms with van der Waals surface area (Å²) in [6.45, 7) is 0.235.